The third kappa shape index (κ3) is 8.27. The van der Waals surface area contributed by atoms with E-state index in [9.17, 15) is 25.5 Å². The summed E-state index contributed by atoms with van der Waals surface area (Å²) in [7, 11) is 0. The number of nitrogens with two attached hydrogens (primary N) is 3. The number of hydrogen-bond acceptors (Lipinski definition) is 14. The molecule has 3 aliphatic rings. The fourth-order valence-electron chi connectivity index (χ4n) is 5.12. The average Bonchev–Trinajstić information content (AvgIpc) is 2.88. The van der Waals surface area contributed by atoms with E-state index in [1.165, 1.54) is 0 Å². The maximum absolute atomic E-state index is 11.5. The van der Waals surface area contributed by atoms with Crippen LogP contribution in [0.2, 0.25) is 0 Å². The van der Waals surface area contributed by atoms with Gasteiger partial charge in [-0.1, -0.05) is 0 Å². The highest BCUT2D eigenvalue weighted by atomic mass is 16.7. The Labute approximate surface area is 223 Å². The van der Waals surface area contributed by atoms with Gasteiger partial charge in [0.1, 0.15) is 30.2 Å². The molecule has 2 aliphatic heterocycles. The molecule has 0 spiro atoms. The number of aliphatic hydroxyl groups is 5. The van der Waals surface area contributed by atoms with Crippen LogP contribution in [0.1, 0.15) is 32.6 Å². The third-order valence-electron chi connectivity index (χ3n) is 7.20. The van der Waals surface area contributed by atoms with Crippen LogP contribution in [0.15, 0.2) is 11.8 Å². The number of rotatable bonds is 13. The topological polar surface area (TPSA) is 240 Å². The van der Waals surface area contributed by atoms with Crippen molar-refractivity contribution in [1.82, 2.24) is 10.6 Å². The normalized spacial score (nSPS) is 40.2. The Morgan fingerprint density at radius 2 is 1.84 bits per heavy atom. The Morgan fingerprint density at radius 3 is 2.47 bits per heavy atom. The van der Waals surface area contributed by atoms with Crippen molar-refractivity contribution in [3.05, 3.63) is 11.8 Å². The summed E-state index contributed by atoms with van der Waals surface area (Å²) in [5, 5.41) is 57.9. The first-order chi connectivity index (χ1) is 18.1. The predicted molar refractivity (Wildman–Crippen MR) is 136 cm³/mol. The van der Waals surface area contributed by atoms with Gasteiger partial charge in [-0.3, -0.25) is 0 Å². The van der Waals surface area contributed by atoms with Crippen LogP contribution in [0.25, 0.3) is 0 Å². The van der Waals surface area contributed by atoms with E-state index in [1.54, 1.807) is 6.92 Å². The molecule has 2 heterocycles. The molecule has 0 aromatic heterocycles. The molecule has 0 aromatic rings. The van der Waals surface area contributed by atoms with Crippen molar-refractivity contribution in [2.45, 2.75) is 99.4 Å². The lowest BCUT2D eigenvalue weighted by molar-refractivity contribution is -0.298. The van der Waals surface area contributed by atoms with Gasteiger partial charge in [0.2, 0.25) is 6.29 Å². The monoisotopic (exact) mass is 549 g/mol. The quantitative estimate of drug-likeness (QED) is 0.0983. The van der Waals surface area contributed by atoms with E-state index < -0.39 is 60.7 Å². The Kier molecular flexibility index (Phi) is 12.1. The summed E-state index contributed by atoms with van der Waals surface area (Å²) in [6.45, 7) is 2.16. The van der Waals surface area contributed by atoms with Gasteiger partial charge in [-0.2, -0.15) is 0 Å². The number of aliphatic hydroxyl groups excluding tert-OH is 4. The van der Waals surface area contributed by atoms with Gasteiger partial charge in [0.15, 0.2) is 6.29 Å². The van der Waals surface area contributed by atoms with Gasteiger partial charge >= 0.3 is 0 Å². The van der Waals surface area contributed by atoms with E-state index in [-0.39, 0.29) is 45.2 Å². The zero-order valence-corrected chi connectivity index (χ0v) is 22.0. The molecule has 1 saturated heterocycles. The molecular formula is C24H47N5O9. The Balaban J connectivity index is 1.78. The van der Waals surface area contributed by atoms with Crippen molar-refractivity contribution in [3.63, 3.8) is 0 Å². The molecule has 1 saturated carbocycles. The fourth-order valence-corrected chi connectivity index (χ4v) is 5.12. The Morgan fingerprint density at radius 1 is 1.13 bits per heavy atom. The van der Waals surface area contributed by atoms with Gasteiger partial charge in [-0.15, -0.1) is 0 Å². The van der Waals surface area contributed by atoms with Crippen LogP contribution in [0.4, 0.5) is 0 Å². The van der Waals surface area contributed by atoms with Crippen molar-refractivity contribution >= 4 is 0 Å². The van der Waals surface area contributed by atoms with E-state index in [0.29, 0.717) is 25.3 Å². The predicted octanol–water partition coefficient (Wildman–Crippen LogP) is -4.09. The zero-order chi connectivity index (χ0) is 27.9. The Hall–Kier alpha value is -0.980. The number of hydrogen-bond donors (Lipinski definition) is 10. The lowest BCUT2D eigenvalue weighted by Gasteiger charge is -2.48. The second kappa shape index (κ2) is 14.6. The zero-order valence-electron chi connectivity index (χ0n) is 22.0. The molecule has 38 heavy (non-hydrogen) atoms. The summed E-state index contributed by atoms with van der Waals surface area (Å²) < 4.78 is 23.9. The van der Waals surface area contributed by atoms with E-state index in [0.717, 1.165) is 6.42 Å². The highest BCUT2D eigenvalue weighted by Gasteiger charge is 2.49. The third-order valence-corrected chi connectivity index (χ3v) is 7.20. The molecule has 0 bridgehead atoms. The molecule has 1 unspecified atom stereocenters. The van der Waals surface area contributed by atoms with Crippen molar-refractivity contribution in [1.29, 1.82) is 0 Å². The molecule has 3 rings (SSSR count). The van der Waals surface area contributed by atoms with Crippen LogP contribution < -0.4 is 27.8 Å². The molecule has 2 fully saturated rings. The number of nitrogens with one attached hydrogen (secondary N) is 2. The largest absolute Gasteiger partial charge is 0.467 e. The van der Waals surface area contributed by atoms with E-state index >= 15 is 0 Å². The first kappa shape index (κ1) is 31.5. The minimum absolute atomic E-state index is 0.0220. The van der Waals surface area contributed by atoms with E-state index in [2.05, 4.69) is 10.6 Å². The number of ether oxygens (including phenoxy) is 4. The summed E-state index contributed by atoms with van der Waals surface area (Å²) in [5.41, 5.74) is 16.7. The summed E-state index contributed by atoms with van der Waals surface area (Å²) in [6, 6.07) is -2.20. The van der Waals surface area contributed by atoms with Crippen LogP contribution in [-0.2, 0) is 18.9 Å². The molecule has 0 amide bonds. The maximum Gasteiger partial charge on any atom is 0.215 e. The summed E-state index contributed by atoms with van der Waals surface area (Å²) in [4.78, 5) is 0. The fraction of sp³-hybridized carbons (Fsp3) is 0.917. The molecule has 0 radical (unpaired) electrons. The minimum Gasteiger partial charge on any atom is -0.467 e. The van der Waals surface area contributed by atoms with Gasteiger partial charge in [0.05, 0.1) is 44.1 Å². The first-order valence-corrected chi connectivity index (χ1v) is 13.4. The van der Waals surface area contributed by atoms with Gasteiger partial charge in [-0.25, -0.2) is 0 Å². The van der Waals surface area contributed by atoms with Crippen molar-refractivity contribution in [2.75, 3.05) is 39.5 Å². The maximum atomic E-state index is 11.5. The van der Waals surface area contributed by atoms with Crippen molar-refractivity contribution in [3.8, 4) is 0 Å². The Bertz CT molecular complexity index is 744. The summed E-state index contributed by atoms with van der Waals surface area (Å²) >= 11 is 0. The molecular weight excluding hydrogens is 502 g/mol. The molecule has 0 aromatic carbocycles. The highest BCUT2D eigenvalue weighted by molar-refractivity contribution is 5.05. The summed E-state index contributed by atoms with van der Waals surface area (Å²) in [6.07, 6.45) is -2.76. The molecule has 14 nitrogen and oxygen atoms in total. The van der Waals surface area contributed by atoms with Crippen LogP contribution in [0, 0.1) is 0 Å². The second-order valence-corrected chi connectivity index (χ2v) is 10.7. The SMILES string of the molecule is C[C@]1(O)CO[C@H](O[C@H]2[C@H](NC(CO)CO)C[C@H](N)C(O[C@H]3OC(CN)=CC[C@H]3NCCCN)[C@@H]2O)[C@H](O)C1. The van der Waals surface area contributed by atoms with Gasteiger partial charge in [0.25, 0.3) is 0 Å². The first-order valence-electron chi connectivity index (χ1n) is 13.4. The van der Waals surface area contributed by atoms with Gasteiger partial charge < -0.3 is 72.3 Å². The van der Waals surface area contributed by atoms with E-state index in [4.69, 9.17) is 36.1 Å². The lowest BCUT2D eigenvalue weighted by atomic mass is 9.83. The van der Waals surface area contributed by atoms with Crippen LogP contribution in [0.3, 0.4) is 0 Å². The van der Waals surface area contributed by atoms with E-state index in [1.807, 2.05) is 6.08 Å². The van der Waals surface area contributed by atoms with Crippen LogP contribution >= 0.6 is 0 Å². The molecule has 14 heteroatoms. The van der Waals surface area contributed by atoms with Crippen molar-refractivity contribution in [2.24, 2.45) is 17.2 Å². The smallest absolute Gasteiger partial charge is 0.215 e. The average molecular weight is 550 g/mol. The molecule has 1 aliphatic carbocycles. The molecule has 10 atom stereocenters. The van der Waals surface area contributed by atoms with Crippen molar-refractivity contribution < 1.29 is 44.5 Å². The minimum atomic E-state index is -1.30. The molecule has 13 N–H and O–H groups in total. The van der Waals surface area contributed by atoms with Gasteiger partial charge in [-0.05, 0) is 45.4 Å². The lowest BCUT2D eigenvalue weighted by Crippen LogP contribution is -2.67. The van der Waals surface area contributed by atoms with Gasteiger partial charge in [0, 0.05) is 18.5 Å². The molecule has 222 valence electrons. The highest BCUT2D eigenvalue weighted by Crippen LogP contribution is 2.32. The second-order valence-electron chi connectivity index (χ2n) is 10.7. The van der Waals surface area contributed by atoms with Crippen LogP contribution in [-0.4, -0.2) is 132 Å². The summed E-state index contributed by atoms with van der Waals surface area (Å²) in [5.74, 6) is 0.567. The van der Waals surface area contributed by atoms with Crippen LogP contribution in [0.5, 0.6) is 0 Å². The standard InChI is InChI=1S/C24H47N5O9/c1-24(34)8-18(32)23(35-12-24)38-21-17(29-13(10-30)11-31)7-15(27)20(19(21)33)37-22-16(28-6-2-5-25)4-3-14(9-26)36-22/h3,13,15-23,28-34H,2,4-12,25-27H2,1H3/t15-,16+,17+,18+,19-,20?,21-,22+,23+,24+/m0/s1.